The Morgan fingerprint density at radius 2 is 1.40 bits per heavy atom. The Morgan fingerprint density at radius 3 is 1.88 bits per heavy atom. The van der Waals surface area contributed by atoms with Gasteiger partial charge in [0.2, 0.25) is 0 Å². The molecule has 1 saturated heterocycles. The molecule has 2 aromatic rings. The number of aromatic nitrogens is 2. The Labute approximate surface area is 223 Å². The Balaban J connectivity index is 0.000000333. The summed E-state index contributed by atoms with van der Waals surface area (Å²) in [6.07, 6.45) is -9.32. The van der Waals surface area contributed by atoms with E-state index in [0.717, 1.165) is 62.5 Å². The largest absolute Gasteiger partial charge is 0.490 e. The zero-order chi connectivity index (χ0) is 30.3. The number of alkyl halides is 6. The molecule has 0 unspecified atom stereocenters. The third-order valence-corrected chi connectivity index (χ3v) is 5.81. The zero-order valence-electron chi connectivity index (χ0n) is 21.0. The third-order valence-electron chi connectivity index (χ3n) is 5.81. The number of hydrogen-bond donors (Lipinski definition) is 3. The first kappa shape index (κ1) is 32.5. The van der Waals surface area contributed by atoms with E-state index >= 15 is 0 Å². The monoisotopic (exact) mass is 585 g/mol. The Kier molecular flexibility index (Phi) is 11.0. The van der Waals surface area contributed by atoms with Gasteiger partial charge in [0.05, 0.1) is 0 Å². The first-order chi connectivity index (χ1) is 18.5. The normalized spacial score (nSPS) is 16.1. The van der Waals surface area contributed by atoms with Crippen LogP contribution in [0.4, 0.5) is 30.7 Å². The number of piperazine rings is 1. The number of likely N-dealkylation sites (N-methyl/N-ethyl adjacent to an activating group) is 1. The fourth-order valence-corrected chi connectivity index (χ4v) is 3.67. The second-order valence-electron chi connectivity index (χ2n) is 8.82. The van der Waals surface area contributed by atoms with E-state index in [1.807, 2.05) is 17.0 Å². The van der Waals surface area contributed by atoms with Crippen LogP contribution < -0.4 is 0 Å². The van der Waals surface area contributed by atoms with Crippen molar-refractivity contribution in [3.05, 3.63) is 52.6 Å². The maximum absolute atomic E-state index is 13.1. The van der Waals surface area contributed by atoms with Gasteiger partial charge in [0.25, 0.3) is 5.91 Å². The van der Waals surface area contributed by atoms with Crippen molar-refractivity contribution in [3.8, 4) is 0 Å². The molecule has 1 aromatic heterocycles. The number of nitrogens with one attached hydrogen (secondary N) is 1. The lowest BCUT2D eigenvalue weighted by Gasteiger charge is -2.32. The van der Waals surface area contributed by atoms with Crippen LogP contribution in [0, 0.1) is 5.82 Å². The molecular formula is C23H26F7N5O5. The second-order valence-corrected chi connectivity index (χ2v) is 8.82. The molecule has 17 heteroatoms. The van der Waals surface area contributed by atoms with Gasteiger partial charge in [0.1, 0.15) is 5.82 Å². The molecule has 0 spiro atoms. The van der Waals surface area contributed by atoms with Gasteiger partial charge in [0.15, 0.2) is 5.69 Å². The van der Waals surface area contributed by atoms with Crippen molar-refractivity contribution in [2.45, 2.75) is 31.9 Å². The lowest BCUT2D eigenvalue weighted by Crippen LogP contribution is -2.47. The highest BCUT2D eigenvalue weighted by Crippen LogP contribution is 2.23. The number of fused-ring (bicyclic) bond motifs is 1. The first-order valence-corrected chi connectivity index (χ1v) is 11.6. The van der Waals surface area contributed by atoms with E-state index < -0.39 is 24.3 Å². The molecule has 3 N–H and O–H groups in total. The number of hydrogen-bond acceptors (Lipinski definition) is 6. The first-order valence-electron chi connectivity index (χ1n) is 11.6. The topological polar surface area (TPSA) is 130 Å². The number of aromatic amines is 1. The summed E-state index contributed by atoms with van der Waals surface area (Å²) in [6.45, 7) is 5.62. The number of carboxylic acid groups (broad SMARTS) is 2. The average Bonchev–Trinajstić information content (AvgIpc) is 3.28. The van der Waals surface area contributed by atoms with Gasteiger partial charge in [0, 0.05) is 63.5 Å². The molecule has 222 valence electrons. The van der Waals surface area contributed by atoms with E-state index in [9.17, 15) is 35.5 Å². The minimum atomic E-state index is -5.08. The van der Waals surface area contributed by atoms with Crippen LogP contribution in [0.3, 0.4) is 0 Å². The van der Waals surface area contributed by atoms with Gasteiger partial charge >= 0.3 is 24.3 Å². The third kappa shape index (κ3) is 9.78. The zero-order valence-corrected chi connectivity index (χ0v) is 21.0. The van der Waals surface area contributed by atoms with Crippen molar-refractivity contribution >= 4 is 17.8 Å². The second kappa shape index (κ2) is 13.6. The molecular weight excluding hydrogens is 559 g/mol. The molecule has 0 radical (unpaired) electrons. The summed E-state index contributed by atoms with van der Waals surface area (Å²) in [6, 6.07) is 6.61. The van der Waals surface area contributed by atoms with Crippen molar-refractivity contribution in [2.75, 3.05) is 39.8 Å². The Bertz CT molecular complexity index is 1140. The Hall–Kier alpha value is -3.73. The van der Waals surface area contributed by atoms with Gasteiger partial charge in [-0.3, -0.25) is 14.8 Å². The van der Waals surface area contributed by atoms with Gasteiger partial charge in [-0.2, -0.15) is 31.4 Å². The van der Waals surface area contributed by atoms with Crippen molar-refractivity contribution < 1.29 is 55.3 Å². The standard InChI is InChI=1S/C19H24FN5O.2C2HF3O2/c1-23-8-10-25(11-9-23)19(26)18-16-13-24(7-6-17(16)21-22-18)12-14-2-4-15(20)5-3-14;2*3-2(4,5)1(6)7/h2-5H,6-13H2,1H3,(H,21,22);2*(H,6,7). The fraction of sp³-hybridized carbons (Fsp3) is 0.478. The van der Waals surface area contributed by atoms with E-state index in [-0.39, 0.29) is 11.7 Å². The molecule has 1 fully saturated rings. The number of carbonyl (C=O) groups is 3. The van der Waals surface area contributed by atoms with E-state index in [1.54, 1.807) is 0 Å². The predicted octanol–water partition coefficient (Wildman–Crippen LogP) is 2.76. The van der Waals surface area contributed by atoms with Gasteiger partial charge < -0.3 is 20.0 Å². The number of carboxylic acids is 2. The van der Waals surface area contributed by atoms with Gasteiger partial charge in [-0.05, 0) is 24.7 Å². The number of H-pyrrole nitrogens is 1. The van der Waals surface area contributed by atoms with Crippen LogP contribution >= 0.6 is 0 Å². The SMILES string of the molecule is CN1CCN(C(=O)c2n[nH]c3c2CN(Cc2ccc(F)cc2)CC3)CC1.O=C(O)C(F)(F)F.O=C(O)C(F)(F)F. The summed E-state index contributed by atoms with van der Waals surface area (Å²) < 4.78 is 76.6. The molecule has 2 aliphatic heterocycles. The van der Waals surface area contributed by atoms with Crippen molar-refractivity contribution in [1.29, 1.82) is 0 Å². The van der Waals surface area contributed by atoms with Crippen molar-refractivity contribution in [3.63, 3.8) is 0 Å². The lowest BCUT2D eigenvalue weighted by atomic mass is 10.0. The smallest absolute Gasteiger partial charge is 0.475 e. The number of rotatable bonds is 3. The maximum Gasteiger partial charge on any atom is 0.490 e. The number of nitrogens with zero attached hydrogens (tertiary/aromatic N) is 4. The van der Waals surface area contributed by atoms with E-state index in [2.05, 4.69) is 27.0 Å². The molecule has 3 heterocycles. The number of amides is 1. The summed E-state index contributed by atoms with van der Waals surface area (Å²) in [4.78, 5) is 37.1. The molecule has 1 aromatic carbocycles. The summed E-state index contributed by atoms with van der Waals surface area (Å²) in [5.74, 6) is -5.70. The summed E-state index contributed by atoms with van der Waals surface area (Å²) in [5, 5.41) is 21.7. The van der Waals surface area contributed by atoms with E-state index in [1.165, 1.54) is 12.1 Å². The quantitative estimate of drug-likeness (QED) is 0.469. The van der Waals surface area contributed by atoms with Crippen LogP contribution in [-0.2, 0) is 29.1 Å². The van der Waals surface area contributed by atoms with E-state index in [0.29, 0.717) is 12.2 Å². The molecule has 1 amide bonds. The summed E-state index contributed by atoms with van der Waals surface area (Å²) in [5.41, 5.74) is 3.72. The minimum absolute atomic E-state index is 0.0271. The highest BCUT2D eigenvalue weighted by molar-refractivity contribution is 5.94. The minimum Gasteiger partial charge on any atom is -0.475 e. The highest BCUT2D eigenvalue weighted by atomic mass is 19.4. The molecule has 0 atom stereocenters. The molecule has 0 saturated carbocycles. The van der Waals surface area contributed by atoms with Gasteiger partial charge in [-0.1, -0.05) is 12.1 Å². The maximum atomic E-state index is 13.1. The van der Waals surface area contributed by atoms with Crippen LogP contribution in [0.1, 0.15) is 27.3 Å². The summed E-state index contributed by atoms with van der Waals surface area (Å²) in [7, 11) is 2.07. The highest BCUT2D eigenvalue weighted by Gasteiger charge is 2.39. The number of benzene rings is 1. The lowest BCUT2D eigenvalue weighted by molar-refractivity contribution is -0.193. The fourth-order valence-electron chi connectivity index (χ4n) is 3.67. The number of aliphatic carboxylic acids is 2. The van der Waals surface area contributed by atoms with Crippen LogP contribution in [0.2, 0.25) is 0 Å². The number of halogens is 7. The van der Waals surface area contributed by atoms with Crippen molar-refractivity contribution in [2.24, 2.45) is 0 Å². The molecule has 2 aliphatic rings. The molecule has 10 nitrogen and oxygen atoms in total. The molecule has 0 aliphatic carbocycles. The average molecular weight is 585 g/mol. The van der Waals surface area contributed by atoms with Crippen LogP contribution in [0.25, 0.3) is 0 Å². The molecule has 4 rings (SSSR count). The van der Waals surface area contributed by atoms with E-state index in [4.69, 9.17) is 19.8 Å². The Morgan fingerprint density at radius 1 is 0.900 bits per heavy atom. The van der Waals surface area contributed by atoms with Crippen LogP contribution in [0.15, 0.2) is 24.3 Å². The van der Waals surface area contributed by atoms with Crippen LogP contribution in [0.5, 0.6) is 0 Å². The van der Waals surface area contributed by atoms with Crippen LogP contribution in [-0.4, -0.2) is 105 Å². The predicted molar refractivity (Wildman–Crippen MR) is 124 cm³/mol. The van der Waals surface area contributed by atoms with Gasteiger partial charge in [-0.25, -0.2) is 14.0 Å². The van der Waals surface area contributed by atoms with Gasteiger partial charge in [-0.15, -0.1) is 0 Å². The molecule has 0 bridgehead atoms. The summed E-state index contributed by atoms with van der Waals surface area (Å²) >= 11 is 0. The molecule has 40 heavy (non-hydrogen) atoms. The number of carbonyl (C=O) groups excluding carboxylic acids is 1. The van der Waals surface area contributed by atoms with Crippen molar-refractivity contribution in [1.82, 2.24) is 24.9 Å².